The van der Waals surface area contributed by atoms with Crippen molar-refractivity contribution in [1.82, 2.24) is 0 Å². The van der Waals surface area contributed by atoms with Crippen molar-refractivity contribution in [2.75, 3.05) is 27.4 Å². The van der Waals surface area contributed by atoms with Gasteiger partial charge in [0.25, 0.3) is 0 Å². The first-order chi connectivity index (χ1) is 14.0. The van der Waals surface area contributed by atoms with E-state index in [2.05, 4.69) is 55.6 Å². The van der Waals surface area contributed by atoms with E-state index in [0.717, 1.165) is 50.5 Å². The molecule has 3 rings (SSSR count). The molecule has 4 nitrogen and oxygen atoms in total. The highest BCUT2D eigenvalue weighted by atomic mass is 16.5. The molecular formula is C25H36NO3+. The number of nitrogens with two attached hydrogens (primary N) is 1. The third-order valence-electron chi connectivity index (χ3n) is 6.06. The van der Waals surface area contributed by atoms with Crippen molar-refractivity contribution in [2.45, 2.75) is 51.2 Å². The molecule has 0 unspecified atom stereocenters. The van der Waals surface area contributed by atoms with Crippen LogP contribution in [0.3, 0.4) is 0 Å². The molecule has 2 aromatic rings. The number of methoxy groups -OCH3 is 2. The minimum absolute atomic E-state index is 0.0456. The fourth-order valence-corrected chi connectivity index (χ4v) is 4.57. The molecule has 1 aliphatic heterocycles. The summed E-state index contributed by atoms with van der Waals surface area (Å²) in [6.45, 7) is 7.36. The molecule has 1 saturated heterocycles. The van der Waals surface area contributed by atoms with Gasteiger partial charge < -0.3 is 19.5 Å². The number of benzene rings is 2. The van der Waals surface area contributed by atoms with Crippen LogP contribution in [0.15, 0.2) is 48.5 Å². The van der Waals surface area contributed by atoms with Gasteiger partial charge in [0.1, 0.15) is 18.0 Å². The Morgan fingerprint density at radius 3 is 2.52 bits per heavy atom. The van der Waals surface area contributed by atoms with Crippen molar-refractivity contribution in [1.29, 1.82) is 0 Å². The number of ether oxygens (including phenoxy) is 3. The highest BCUT2D eigenvalue weighted by Gasteiger charge is 2.35. The van der Waals surface area contributed by atoms with Crippen molar-refractivity contribution in [3.63, 3.8) is 0 Å². The lowest BCUT2D eigenvalue weighted by Gasteiger charge is -2.39. The predicted octanol–water partition coefficient (Wildman–Crippen LogP) is 4.15. The lowest BCUT2D eigenvalue weighted by molar-refractivity contribution is -0.671. The third kappa shape index (κ3) is 5.97. The second kappa shape index (κ2) is 10.1. The second-order valence-electron chi connectivity index (χ2n) is 8.63. The third-order valence-corrected chi connectivity index (χ3v) is 6.06. The Morgan fingerprint density at radius 1 is 1.07 bits per heavy atom. The summed E-state index contributed by atoms with van der Waals surface area (Å²) in [6.07, 6.45) is 3.34. The lowest BCUT2D eigenvalue weighted by Crippen LogP contribution is -2.82. The Kier molecular flexibility index (Phi) is 7.57. The molecule has 1 aliphatic rings. The largest absolute Gasteiger partial charge is 0.497 e. The molecule has 2 N–H and O–H groups in total. The second-order valence-corrected chi connectivity index (χ2v) is 8.63. The zero-order valence-corrected chi connectivity index (χ0v) is 18.3. The van der Waals surface area contributed by atoms with Gasteiger partial charge in [0, 0.05) is 18.6 Å². The van der Waals surface area contributed by atoms with E-state index in [-0.39, 0.29) is 5.60 Å². The van der Waals surface area contributed by atoms with Crippen LogP contribution in [0.2, 0.25) is 0 Å². The maximum atomic E-state index is 5.99. The van der Waals surface area contributed by atoms with Crippen LogP contribution in [0, 0.1) is 5.92 Å². The van der Waals surface area contributed by atoms with Crippen molar-refractivity contribution < 1.29 is 19.5 Å². The van der Waals surface area contributed by atoms with Crippen LogP contribution in [-0.4, -0.2) is 33.0 Å². The molecule has 158 valence electrons. The normalized spacial score (nSPS) is 19.5. The topological polar surface area (TPSA) is 44.3 Å². The molecule has 2 atom stereocenters. The van der Waals surface area contributed by atoms with Gasteiger partial charge in [-0.1, -0.05) is 18.2 Å². The average Bonchev–Trinajstić information content (AvgIpc) is 2.73. The van der Waals surface area contributed by atoms with E-state index in [9.17, 15) is 0 Å². The number of hydrogen-bond acceptors (Lipinski definition) is 3. The van der Waals surface area contributed by atoms with Crippen LogP contribution >= 0.6 is 0 Å². The molecule has 0 spiro atoms. The molecule has 0 aromatic heterocycles. The number of quaternary nitrogens is 1. The van der Waals surface area contributed by atoms with Crippen LogP contribution in [0.1, 0.15) is 50.2 Å². The predicted molar refractivity (Wildman–Crippen MR) is 117 cm³/mol. The Balaban J connectivity index is 1.66. The molecule has 0 radical (unpaired) electrons. The molecule has 2 aromatic carbocycles. The highest BCUT2D eigenvalue weighted by Crippen LogP contribution is 2.42. The zero-order valence-electron chi connectivity index (χ0n) is 18.3. The van der Waals surface area contributed by atoms with Crippen LogP contribution in [0.25, 0.3) is 0 Å². The Morgan fingerprint density at radius 2 is 1.83 bits per heavy atom. The van der Waals surface area contributed by atoms with Crippen LogP contribution < -0.4 is 14.8 Å². The van der Waals surface area contributed by atoms with Crippen LogP contribution in [-0.2, 0) is 11.3 Å². The molecule has 29 heavy (non-hydrogen) atoms. The SMILES string of the molecule is COc1ccc(C[NH2+]CC[C@H](c2ccccc2OC)[C@@H]2CCOC(C)(C)C2)cc1. The van der Waals surface area contributed by atoms with Crippen LogP contribution in [0.5, 0.6) is 11.5 Å². The maximum absolute atomic E-state index is 5.99. The van der Waals surface area contributed by atoms with Gasteiger partial charge in [0.05, 0.1) is 26.4 Å². The fourth-order valence-electron chi connectivity index (χ4n) is 4.57. The molecule has 0 saturated carbocycles. The number of rotatable bonds is 9. The molecule has 4 heteroatoms. The summed E-state index contributed by atoms with van der Waals surface area (Å²) in [7, 11) is 3.48. The molecule has 0 amide bonds. The summed E-state index contributed by atoms with van der Waals surface area (Å²) in [4.78, 5) is 0. The van der Waals surface area contributed by atoms with Gasteiger partial charge >= 0.3 is 0 Å². The van der Waals surface area contributed by atoms with Gasteiger partial charge in [-0.15, -0.1) is 0 Å². The smallest absolute Gasteiger partial charge is 0.122 e. The van der Waals surface area contributed by atoms with Gasteiger partial charge in [-0.05, 0) is 74.4 Å². The summed E-state index contributed by atoms with van der Waals surface area (Å²) in [5, 5.41) is 2.41. The van der Waals surface area contributed by atoms with Gasteiger partial charge in [-0.2, -0.15) is 0 Å². The summed E-state index contributed by atoms with van der Waals surface area (Å²) in [6, 6.07) is 16.9. The Hall–Kier alpha value is -2.04. The monoisotopic (exact) mass is 398 g/mol. The van der Waals surface area contributed by atoms with E-state index in [0.29, 0.717) is 11.8 Å². The minimum Gasteiger partial charge on any atom is -0.497 e. The minimum atomic E-state index is -0.0456. The van der Waals surface area contributed by atoms with E-state index in [4.69, 9.17) is 14.2 Å². The summed E-state index contributed by atoms with van der Waals surface area (Å²) in [5.41, 5.74) is 2.62. The average molecular weight is 399 g/mol. The Labute approximate surface area is 175 Å². The molecule has 1 heterocycles. The molecular weight excluding hydrogens is 362 g/mol. The summed E-state index contributed by atoms with van der Waals surface area (Å²) >= 11 is 0. The van der Waals surface area contributed by atoms with Crippen molar-refractivity contribution in [3.8, 4) is 11.5 Å². The van der Waals surface area contributed by atoms with E-state index >= 15 is 0 Å². The highest BCUT2D eigenvalue weighted by molar-refractivity contribution is 5.36. The van der Waals surface area contributed by atoms with Gasteiger partial charge in [0.15, 0.2) is 0 Å². The summed E-state index contributed by atoms with van der Waals surface area (Å²) in [5.74, 6) is 3.02. The number of hydrogen-bond donors (Lipinski definition) is 1. The van der Waals surface area contributed by atoms with Gasteiger partial charge in [-0.3, -0.25) is 0 Å². The lowest BCUT2D eigenvalue weighted by atomic mass is 9.75. The molecule has 0 bridgehead atoms. The van der Waals surface area contributed by atoms with Crippen molar-refractivity contribution >= 4 is 0 Å². The first-order valence-corrected chi connectivity index (χ1v) is 10.7. The molecule has 1 fully saturated rings. The van der Waals surface area contributed by atoms with E-state index in [1.165, 1.54) is 11.1 Å². The van der Waals surface area contributed by atoms with Crippen LogP contribution in [0.4, 0.5) is 0 Å². The summed E-state index contributed by atoms with van der Waals surface area (Å²) < 4.78 is 17.0. The first kappa shape index (κ1) is 21.7. The standard InChI is InChI=1S/C25H35NO3/c1-25(2)17-20(14-16-29-25)22(23-7-5-6-8-24(23)28-4)13-15-26-18-19-9-11-21(27-3)12-10-19/h5-12,20,22,26H,13-18H2,1-4H3/p+1/t20-,22+/m1/s1. The maximum Gasteiger partial charge on any atom is 0.122 e. The van der Waals surface area contributed by atoms with E-state index < -0.39 is 0 Å². The quantitative estimate of drug-likeness (QED) is 0.646. The van der Waals surface area contributed by atoms with Gasteiger partial charge in [-0.25, -0.2) is 0 Å². The molecule has 0 aliphatic carbocycles. The van der Waals surface area contributed by atoms with Crippen molar-refractivity contribution in [2.24, 2.45) is 5.92 Å². The fraction of sp³-hybridized carbons (Fsp3) is 0.520. The first-order valence-electron chi connectivity index (χ1n) is 10.7. The Bertz CT molecular complexity index is 757. The zero-order chi connectivity index (χ0) is 20.7. The van der Waals surface area contributed by atoms with E-state index in [1.807, 2.05) is 12.1 Å². The van der Waals surface area contributed by atoms with Crippen molar-refractivity contribution in [3.05, 3.63) is 59.7 Å². The number of para-hydroxylation sites is 1. The van der Waals surface area contributed by atoms with E-state index in [1.54, 1.807) is 14.2 Å². The van der Waals surface area contributed by atoms with Gasteiger partial charge in [0.2, 0.25) is 0 Å².